The lowest BCUT2D eigenvalue weighted by molar-refractivity contribution is -0.668. The van der Waals surface area contributed by atoms with E-state index in [4.69, 9.17) is 4.74 Å². The first kappa shape index (κ1) is 23.2. The smallest absolute Gasteiger partial charge is 0.348 e. The molecule has 0 radical (unpaired) electrons. The molecule has 3 atom stereocenters. The third kappa shape index (κ3) is 4.71. The Morgan fingerprint density at radius 2 is 2.04 bits per heavy atom. The van der Waals surface area contributed by atoms with E-state index < -0.39 is 0 Å². The molecule has 1 heterocycles. The minimum Gasteiger partial charge on any atom is -1.00 e. The van der Waals surface area contributed by atoms with Crippen molar-refractivity contribution in [3.8, 4) is 0 Å². The molecule has 3 rings (SSSR count). The van der Waals surface area contributed by atoms with E-state index in [0.29, 0.717) is 24.3 Å². The highest BCUT2D eigenvalue weighted by Gasteiger charge is 2.34. The number of aromatic nitrogens is 2. The number of hydrogen-bond donors (Lipinski definition) is 0. The highest BCUT2D eigenvalue weighted by molar-refractivity contribution is 5.74. The minimum absolute atomic E-state index is 0. The quantitative estimate of drug-likeness (QED) is 0.355. The van der Waals surface area contributed by atoms with Gasteiger partial charge in [0.1, 0.15) is 6.10 Å². The summed E-state index contributed by atoms with van der Waals surface area (Å²) in [5.74, 6) is 2.72. The molecule has 0 aliphatic heterocycles. The summed E-state index contributed by atoms with van der Waals surface area (Å²) in [6, 6.07) is 6.42. The summed E-state index contributed by atoms with van der Waals surface area (Å²) in [5, 5.41) is 0. The van der Waals surface area contributed by atoms with Crippen molar-refractivity contribution < 1.29 is 38.1 Å². The summed E-state index contributed by atoms with van der Waals surface area (Å²) in [7, 11) is 2.08. The van der Waals surface area contributed by atoms with Gasteiger partial charge in [-0.05, 0) is 55.2 Å². The van der Waals surface area contributed by atoms with Crippen molar-refractivity contribution in [2.75, 3.05) is 0 Å². The molecule has 1 fully saturated rings. The van der Waals surface area contributed by atoms with Crippen LogP contribution >= 0.6 is 0 Å². The first-order chi connectivity index (χ1) is 12.8. The lowest BCUT2D eigenvalue weighted by Gasteiger charge is -2.36. The number of esters is 1. The molecule has 1 aliphatic rings. The van der Waals surface area contributed by atoms with Crippen molar-refractivity contribution in [3.05, 3.63) is 29.6 Å². The normalized spacial score (nSPS) is 22.3. The Labute approximate surface area is 186 Å². The van der Waals surface area contributed by atoms with E-state index in [1.807, 2.05) is 0 Å². The maximum atomic E-state index is 12.9. The van der Waals surface area contributed by atoms with Crippen molar-refractivity contribution in [1.29, 1.82) is 0 Å². The van der Waals surface area contributed by atoms with Crippen molar-refractivity contribution >= 4 is 17.0 Å². The number of halogens is 1. The number of rotatable bonds is 5. The molecule has 1 aromatic carbocycles. The van der Waals surface area contributed by atoms with Gasteiger partial charge in [0.15, 0.2) is 17.6 Å². The molecule has 1 aromatic heterocycles. The molecule has 0 N–H and O–H groups in total. The molecule has 28 heavy (non-hydrogen) atoms. The average Bonchev–Trinajstić information content (AvgIpc) is 2.85. The van der Waals surface area contributed by atoms with Crippen LogP contribution in [0.4, 0.5) is 0 Å². The third-order valence-corrected chi connectivity index (χ3v) is 6.33. The fourth-order valence-corrected chi connectivity index (χ4v) is 4.78. The highest BCUT2D eigenvalue weighted by Crippen LogP contribution is 2.35. The Morgan fingerprint density at radius 1 is 1.32 bits per heavy atom. The third-order valence-electron chi connectivity index (χ3n) is 6.33. The van der Waals surface area contributed by atoms with E-state index in [1.165, 1.54) is 17.5 Å². The van der Waals surface area contributed by atoms with Gasteiger partial charge in [0.05, 0.1) is 7.05 Å². The summed E-state index contributed by atoms with van der Waals surface area (Å²) in [6.07, 6.45) is 4.34. The number of nitrogens with zero attached hydrogens (tertiary/aromatic N) is 2. The number of aryl methyl sites for hydroxylation is 2. The Balaban J connectivity index is 0.00000280. The van der Waals surface area contributed by atoms with Gasteiger partial charge in [-0.15, -0.1) is 0 Å². The maximum Gasteiger partial charge on any atom is 0.348 e. The number of carbonyl (C=O) groups excluding carboxylic acids is 1. The second kappa shape index (κ2) is 9.59. The molecule has 2 aromatic rings. The van der Waals surface area contributed by atoms with Crippen LogP contribution in [0.25, 0.3) is 11.0 Å². The van der Waals surface area contributed by atoms with Crippen molar-refractivity contribution in [2.45, 2.75) is 73.0 Å². The molecular weight excluding hydrogens is 463 g/mol. The van der Waals surface area contributed by atoms with E-state index >= 15 is 0 Å². The van der Waals surface area contributed by atoms with Gasteiger partial charge >= 0.3 is 5.97 Å². The Kier molecular flexibility index (Phi) is 7.94. The number of carbonyl (C=O) groups is 1. The first-order valence-corrected chi connectivity index (χ1v) is 10.5. The monoisotopic (exact) mass is 498 g/mol. The Bertz CT molecular complexity index is 828. The molecule has 5 heteroatoms. The van der Waals surface area contributed by atoms with Crippen LogP contribution in [0.5, 0.6) is 0 Å². The van der Waals surface area contributed by atoms with Crippen LogP contribution in [0.3, 0.4) is 0 Å². The summed E-state index contributed by atoms with van der Waals surface area (Å²) >= 11 is 0. The summed E-state index contributed by atoms with van der Waals surface area (Å²) < 4.78 is 10.4. The molecule has 1 aliphatic carbocycles. The van der Waals surface area contributed by atoms with Crippen LogP contribution in [0.2, 0.25) is 0 Å². The minimum atomic E-state index is -0.104. The number of ether oxygens (including phenoxy) is 1. The SMILES string of the molecule is CCc1n(C)c2cc(C)ccc2[n+]1CC(=O)OC1C[C@H](C)CC[C@H]1C(C)C.[I-]. The largest absolute Gasteiger partial charge is 1.00 e. The Hall–Kier alpha value is -1.11. The van der Waals surface area contributed by atoms with Crippen molar-refractivity contribution in [3.63, 3.8) is 0 Å². The van der Waals surface area contributed by atoms with E-state index in [0.717, 1.165) is 30.6 Å². The number of fused-ring (bicyclic) bond motifs is 1. The highest BCUT2D eigenvalue weighted by atomic mass is 127. The van der Waals surface area contributed by atoms with Crippen LogP contribution in [0, 0.1) is 24.7 Å². The van der Waals surface area contributed by atoms with Gasteiger partial charge in [-0.3, -0.25) is 0 Å². The molecule has 4 nitrogen and oxygen atoms in total. The van der Waals surface area contributed by atoms with Gasteiger partial charge in [0.2, 0.25) is 0 Å². The van der Waals surface area contributed by atoms with Gasteiger partial charge in [0, 0.05) is 6.42 Å². The lowest BCUT2D eigenvalue weighted by atomic mass is 9.75. The van der Waals surface area contributed by atoms with Crippen molar-refractivity contribution in [1.82, 2.24) is 4.57 Å². The van der Waals surface area contributed by atoms with Crippen LogP contribution in [-0.4, -0.2) is 16.6 Å². The predicted octanol–water partition coefficient (Wildman–Crippen LogP) is 1.34. The lowest BCUT2D eigenvalue weighted by Crippen LogP contribution is -3.00. The summed E-state index contributed by atoms with van der Waals surface area (Å²) in [4.78, 5) is 12.9. The van der Waals surface area contributed by atoms with Gasteiger partial charge in [-0.2, -0.15) is 0 Å². The summed E-state index contributed by atoms with van der Waals surface area (Å²) in [6.45, 7) is 11.3. The van der Waals surface area contributed by atoms with Crippen LogP contribution < -0.4 is 28.5 Å². The molecule has 0 amide bonds. The summed E-state index contributed by atoms with van der Waals surface area (Å²) in [5.41, 5.74) is 3.51. The zero-order valence-electron chi connectivity index (χ0n) is 18.2. The zero-order chi connectivity index (χ0) is 19.7. The standard InChI is InChI=1S/C23H35N2O2.HI/c1-7-22-24(6)20-12-16(4)9-11-19(20)25(22)14-23(26)27-21-13-17(5)8-10-18(21)15(2)3;/h9,11-12,15,17-18,21H,7-8,10,13-14H2,1-6H3;1H/q+1;/p-1/t17-,18+,21?;/m1./s1. The molecule has 0 bridgehead atoms. The van der Waals surface area contributed by atoms with Gasteiger partial charge < -0.3 is 28.7 Å². The molecule has 1 saturated carbocycles. The van der Waals surface area contributed by atoms with E-state index in [9.17, 15) is 4.79 Å². The topological polar surface area (TPSA) is 35.1 Å². The predicted molar refractivity (Wildman–Crippen MR) is 108 cm³/mol. The van der Waals surface area contributed by atoms with E-state index in [-0.39, 0.29) is 36.0 Å². The van der Waals surface area contributed by atoms with Crippen LogP contribution in [-0.2, 0) is 29.5 Å². The van der Waals surface area contributed by atoms with Gasteiger partial charge in [0.25, 0.3) is 5.82 Å². The average molecular weight is 498 g/mol. The first-order valence-electron chi connectivity index (χ1n) is 10.5. The molecule has 156 valence electrons. The Morgan fingerprint density at radius 3 is 2.68 bits per heavy atom. The van der Waals surface area contributed by atoms with Crippen LogP contribution in [0.1, 0.15) is 58.3 Å². The fourth-order valence-electron chi connectivity index (χ4n) is 4.78. The molecular formula is C23H35IN2O2. The number of benzene rings is 1. The van der Waals surface area contributed by atoms with Gasteiger partial charge in [-0.25, -0.2) is 13.9 Å². The van der Waals surface area contributed by atoms with E-state index in [2.05, 4.69) is 69.0 Å². The molecule has 1 unspecified atom stereocenters. The second-order valence-corrected chi connectivity index (χ2v) is 8.76. The number of hydrogen-bond acceptors (Lipinski definition) is 2. The molecule has 0 spiro atoms. The van der Waals surface area contributed by atoms with E-state index in [1.54, 1.807) is 0 Å². The fraction of sp³-hybridized carbons (Fsp3) is 0.652. The zero-order valence-corrected chi connectivity index (χ0v) is 20.3. The maximum absolute atomic E-state index is 12.9. The number of imidazole rings is 1. The second-order valence-electron chi connectivity index (χ2n) is 8.76. The molecule has 0 saturated heterocycles. The van der Waals surface area contributed by atoms with Crippen molar-refractivity contribution in [2.24, 2.45) is 24.8 Å². The van der Waals surface area contributed by atoms with Gasteiger partial charge in [-0.1, -0.05) is 40.2 Å². The van der Waals surface area contributed by atoms with Crippen LogP contribution in [0.15, 0.2) is 18.2 Å².